The largest absolute Gasteiger partial charge is 0.497 e. The van der Waals surface area contributed by atoms with Crippen LogP contribution in [-0.4, -0.2) is 52.1 Å². The van der Waals surface area contributed by atoms with Gasteiger partial charge in [0.2, 0.25) is 0 Å². The van der Waals surface area contributed by atoms with E-state index in [0.29, 0.717) is 23.4 Å². The van der Waals surface area contributed by atoms with E-state index in [1.54, 1.807) is 38.5 Å². The lowest BCUT2D eigenvalue weighted by Crippen LogP contribution is -2.50. The van der Waals surface area contributed by atoms with Gasteiger partial charge in [-0.15, -0.1) is 0 Å². The lowest BCUT2D eigenvalue weighted by molar-refractivity contribution is 0.0196. The molecule has 3 aromatic rings. The first-order chi connectivity index (χ1) is 18.8. The van der Waals surface area contributed by atoms with Crippen molar-refractivity contribution in [3.05, 3.63) is 83.9 Å². The van der Waals surface area contributed by atoms with Gasteiger partial charge in [-0.25, -0.2) is 0 Å². The number of amides is 1. The summed E-state index contributed by atoms with van der Waals surface area (Å²) in [5.41, 5.74) is 2.92. The molecule has 39 heavy (non-hydrogen) atoms. The maximum atomic E-state index is 12.7. The molecule has 1 saturated heterocycles. The molecule has 1 amide bonds. The number of benzene rings is 3. The smallest absolute Gasteiger partial charge is 0.255 e. The SMILES string of the molecule is COc1ccc(C(=O)Nc2cccc(CC[C@@H]3O[C@H](CCO)[C@@H]([Si](C)(C)c4ccc(OC)cc4)[C@@H]3C)c2)cc1. The van der Waals surface area contributed by atoms with Gasteiger partial charge in [0.25, 0.3) is 5.91 Å². The van der Waals surface area contributed by atoms with Crippen LogP contribution in [0, 0.1) is 5.92 Å². The molecule has 2 N–H and O–H groups in total. The van der Waals surface area contributed by atoms with Gasteiger partial charge in [-0.2, -0.15) is 0 Å². The van der Waals surface area contributed by atoms with Crippen molar-refractivity contribution >= 4 is 24.9 Å². The summed E-state index contributed by atoms with van der Waals surface area (Å²) < 4.78 is 17.2. The maximum absolute atomic E-state index is 12.7. The second-order valence-electron chi connectivity index (χ2n) is 11.0. The van der Waals surface area contributed by atoms with Crippen molar-refractivity contribution in [3.63, 3.8) is 0 Å². The summed E-state index contributed by atoms with van der Waals surface area (Å²) in [6.07, 6.45) is 2.57. The number of aliphatic hydroxyl groups is 1. The van der Waals surface area contributed by atoms with Crippen LogP contribution in [0.2, 0.25) is 18.6 Å². The fourth-order valence-electron chi connectivity index (χ4n) is 6.10. The number of carbonyl (C=O) groups excluding carboxylic acids is 1. The number of aliphatic hydroxyl groups excluding tert-OH is 1. The minimum atomic E-state index is -1.91. The Morgan fingerprint density at radius 1 is 0.923 bits per heavy atom. The van der Waals surface area contributed by atoms with E-state index in [1.165, 1.54) is 5.19 Å². The first-order valence-corrected chi connectivity index (χ1v) is 16.8. The fourth-order valence-corrected chi connectivity index (χ4v) is 10.2. The third-order valence-corrected chi connectivity index (χ3v) is 12.6. The second-order valence-corrected chi connectivity index (χ2v) is 15.7. The van der Waals surface area contributed by atoms with E-state index in [2.05, 4.69) is 43.5 Å². The van der Waals surface area contributed by atoms with Gasteiger partial charge in [-0.3, -0.25) is 4.79 Å². The van der Waals surface area contributed by atoms with Crippen LogP contribution in [0.25, 0.3) is 0 Å². The molecule has 4 atom stereocenters. The molecule has 0 unspecified atom stereocenters. The van der Waals surface area contributed by atoms with E-state index in [9.17, 15) is 9.90 Å². The van der Waals surface area contributed by atoms with Crippen LogP contribution in [0.15, 0.2) is 72.8 Å². The van der Waals surface area contributed by atoms with E-state index >= 15 is 0 Å². The molecule has 1 fully saturated rings. The number of anilines is 1. The van der Waals surface area contributed by atoms with Crippen molar-refractivity contribution in [1.82, 2.24) is 0 Å². The minimum Gasteiger partial charge on any atom is -0.497 e. The molecule has 1 aliphatic rings. The summed E-state index contributed by atoms with van der Waals surface area (Å²) in [6, 6.07) is 23.6. The molecule has 4 rings (SSSR count). The van der Waals surface area contributed by atoms with Crippen LogP contribution in [0.4, 0.5) is 5.69 Å². The van der Waals surface area contributed by atoms with Crippen molar-refractivity contribution in [2.75, 3.05) is 26.1 Å². The van der Waals surface area contributed by atoms with Crippen molar-refractivity contribution in [2.24, 2.45) is 5.92 Å². The Kier molecular flexibility index (Phi) is 9.48. The molecule has 0 aromatic heterocycles. The van der Waals surface area contributed by atoms with Gasteiger partial charge >= 0.3 is 0 Å². The third-order valence-electron chi connectivity index (χ3n) is 8.24. The van der Waals surface area contributed by atoms with Crippen molar-refractivity contribution in [3.8, 4) is 11.5 Å². The zero-order valence-corrected chi connectivity index (χ0v) is 24.6. The minimum absolute atomic E-state index is 0.0499. The van der Waals surface area contributed by atoms with Crippen LogP contribution in [0.5, 0.6) is 11.5 Å². The van der Waals surface area contributed by atoms with E-state index in [4.69, 9.17) is 14.2 Å². The zero-order chi connectivity index (χ0) is 28.0. The molecule has 0 spiro atoms. The summed E-state index contributed by atoms with van der Waals surface area (Å²) in [6.45, 7) is 7.28. The molecule has 0 radical (unpaired) electrons. The van der Waals surface area contributed by atoms with Crippen LogP contribution < -0.4 is 20.0 Å². The molecule has 3 aromatic carbocycles. The highest BCUT2D eigenvalue weighted by Crippen LogP contribution is 2.46. The monoisotopic (exact) mass is 547 g/mol. The van der Waals surface area contributed by atoms with Gasteiger partial charge in [0.05, 0.1) is 34.5 Å². The molecule has 1 aliphatic heterocycles. The molecule has 6 nitrogen and oxygen atoms in total. The van der Waals surface area contributed by atoms with E-state index in [0.717, 1.165) is 35.6 Å². The Balaban J connectivity index is 1.42. The van der Waals surface area contributed by atoms with E-state index < -0.39 is 8.07 Å². The average Bonchev–Trinajstić information content (AvgIpc) is 3.27. The summed E-state index contributed by atoms with van der Waals surface area (Å²) >= 11 is 0. The van der Waals surface area contributed by atoms with Crippen LogP contribution in [0.3, 0.4) is 0 Å². The van der Waals surface area contributed by atoms with Crippen molar-refractivity contribution < 1.29 is 24.1 Å². The highest BCUT2D eigenvalue weighted by molar-refractivity contribution is 6.91. The summed E-state index contributed by atoms with van der Waals surface area (Å²) in [5, 5.41) is 14.2. The molecule has 0 bridgehead atoms. The highest BCUT2D eigenvalue weighted by atomic mass is 28.3. The molecule has 208 valence electrons. The van der Waals surface area contributed by atoms with Gasteiger partial charge in [0, 0.05) is 17.9 Å². The third kappa shape index (κ3) is 6.72. The lowest BCUT2D eigenvalue weighted by atomic mass is 9.95. The average molecular weight is 548 g/mol. The van der Waals surface area contributed by atoms with Crippen LogP contribution >= 0.6 is 0 Å². The van der Waals surface area contributed by atoms with Crippen LogP contribution in [-0.2, 0) is 11.2 Å². The molecule has 1 heterocycles. The van der Waals surface area contributed by atoms with Gasteiger partial charge < -0.3 is 24.6 Å². The lowest BCUT2D eigenvalue weighted by Gasteiger charge is -2.36. The molecular weight excluding hydrogens is 506 g/mol. The molecule has 0 saturated carbocycles. The quantitative estimate of drug-likeness (QED) is 0.303. The number of hydrogen-bond acceptors (Lipinski definition) is 5. The molecule has 7 heteroatoms. The topological polar surface area (TPSA) is 77.0 Å². The van der Waals surface area contributed by atoms with Crippen LogP contribution in [0.1, 0.15) is 35.7 Å². The maximum Gasteiger partial charge on any atom is 0.255 e. The number of nitrogens with one attached hydrogen (secondary N) is 1. The predicted octanol–water partition coefficient (Wildman–Crippen LogP) is 5.66. The Morgan fingerprint density at radius 3 is 2.18 bits per heavy atom. The summed E-state index contributed by atoms with van der Waals surface area (Å²) in [4.78, 5) is 12.7. The number of methoxy groups -OCH3 is 2. The Morgan fingerprint density at radius 2 is 1.56 bits per heavy atom. The van der Waals surface area contributed by atoms with Gasteiger partial charge in [-0.05, 0) is 84.8 Å². The van der Waals surface area contributed by atoms with E-state index in [-0.39, 0.29) is 24.7 Å². The number of aryl methyl sites for hydroxylation is 1. The summed E-state index contributed by atoms with van der Waals surface area (Å²) in [5.74, 6) is 1.81. The summed E-state index contributed by atoms with van der Waals surface area (Å²) in [7, 11) is 1.39. The normalized spacial score (nSPS) is 21.0. The Hall–Kier alpha value is -3.13. The Bertz CT molecular complexity index is 1230. The van der Waals surface area contributed by atoms with Gasteiger partial charge in [0.15, 0.2) is 0 Å². The zero-order valence-electron chi connectivity index (χ0n) is 23.6. The fraction of sp³-hybridized carbons (Fsp3) is 0.406. The number of ether oxygens (including phenoxy) is 3. The first-order valence-electron chi connectivity index (χ1n) is 13.7. The van der Waals surface area contributed by atoms with Crippen molar-refractivity contribution in [1.29, 1.82) is 0 Å². The second kappa shape index (κ2) is 12.8. The van der Waals surface area contributed by atoms with Gasteiger partial charge in [-0.1, -0.05) is 49.5 Å². The van der Waals surface area contributed by atoms with Crippen molar-refractivity contribution in [2.45, 2.75) is 57.0 Å². The highest BCUT2D eigenvalue weighted by Gasteiger charge is 2.50. The number of carbonyl (C=O) groups is 1. The number of rotatable bonds is 11. The molecule has 0 aliphatic carbocycles. The van der Waals surface area contributed by atoms with E-state index in [1.807, 2.05) is 30.3 Å². The first kappa shape index (κ1) is 28.9. The Labute approximate surface area is 233 Å². The van der Waals surface area contributed by atoms with Gasteiger partial charge in [0.1, 0.15) is 11.5 Å². The number of hydrogen-bond donors (Lipinski definition) is 2. The predicted molar refractivity (Wildman–Crippen MR) is 159 cm³/mol. The molecular formula is C32H41NO5Si. The standard InChI is InChI=1S/C32H41NO5Si/c1-22-29(38-30(19-20-34)31(22)39(4,5)28-16-14-27(37-3)15-17-28)18-9-23-7-6-8-25(21-23)33-32(35)24-10-12-26(36-2)13-11-24/h6-8,10-17,21-22,29-31,34H,9,18-20H2,1-5H3,(H,33,35)/t22-,29+,30-,31+/m1/s1.